The van der Waals surface area contributed by atoms with E-state index < -0.39 is 0 Å². The van der Waals surface area contributed by atoms with Gasteiger partial charge in [0, 0.05) is 19.1 Å². The Morgan fingerprint density at radius 3 is 2.87 bits per heavy atom. The summed E-state index contributed by atoms with van der Waals surface area (Å²) < 4.78 is 0. The number of piperidine rings is 1. The van der Waals surface area contributed by atoms with Gasteiger partial charge in [-0.15, -0.1) is 0 Å². The van der Waals surface area contributed by atoms with E-state index in [1.807, 2.05) is 11.8 Å². The Hall–Kier alpha value is -0.830. The highest BCUT2D eigenvalue weighted by Crippen LogP contribution is 2.13. The van der Waals surface area contributed by atoms with E-state index in [9.17, 15) is 4.79 Å². The normalized spacial score (nSPS) is 22.3. The van der Waals surface area contributed by atoms with Gasteiger partial charge in [-0.05, 0) is 19.8 Å². The van der Waals surface area contributed by atoms with Gasteiger partial charge >= 0.3 is 0 Å². The van der Waals surface area contributed by atoms with Crippen LogP contribution in [0.3, 0.4) is 0 Å². The van der Waals surface area contributed by atoms with Crippen LogP contribution in [0.15, 0.2) is 12.2 Å². The number of hydrogen-bond acceptors (Lipinski definition) is 2. The van der Waals surface area contributed by atoms with Crippen LogP contribution in [-0.2, 0) is 4.79 Å². The summed E-state index contributed by atoms with van der Waals surface area (Å²) in [6.07, 6.45) is 2.05. The van der Waals surface area contributed by atoms with Gasteiger partial charge in [0.15, 0.2) is 0 Å². The first kappa shape index (κ1) is 12.2. The zero-order valence-electron chi connectivity index (χ0n) is 10.0. The highest BCUT2D eigenvalue weighted by molar-refractivity contribution is 5.82. The van der Waals surface area contributed by atoms with Crippen molar-refractivity contribution in [1.29, 1.82) is 0 Å². The molecule has 1 N–H and O–H groups in total. The van der Waals surface area contributed by atoms with Crippen molar-refractivity contribution < 1.29 is 4.79 Å². The fourth-order valence-electron chi connectivity index (χ4n) is 1.98. The number of carbonyl (C=O) groups is 1. The molecule has 0 aromatic carbocycles. The van der Waals surface area contributed by atoms with Gasteiger partial charge in [0.25, 0.3) is 0 Å². The molecule has 3 heteroatoms. The van der Waals surface area contributed by atoms with Crippen LogP contribution in [0.1, 0.15) is 33.6 Å². The summed E-state index contributed by atoms with van der Waals surface area (Å²) in [6.45, 7) is 11.5. The third kappa shape index (κ3) is 3.67. The lowest BCUT2D eigenvalue weighted by molar-refractivity contribution is -0.135. The summed E-state index contributed by atoms with van der Waals surface area (Å²) in [7, 11) is 0. The molecule has 1 aliphatic heterocycles. The van der Waals surface area contributed by atoms with Crippen molar-refractivity contribution in [3.8, 4) is 0 Å². The molecular formula is C12H22N2O. The fourth-order valence-corrected chi connectivity index (χ4v) is 1.98. The largest absolute Gasteiger partial charge is 0.337 e. The maximum Gasteiger partial charge on any atom is 0.240 e. The third-order valence-corrected chi connectivity index (χ3v) is 2.53. The zero-order chi connectivity index (χ0) is 11.4. The maximum atomic E-state index is 12.0. The molecule has 0 bridgehead atoms. The van der Waals surface area contributed by atoms with Crippen LogP contribution in [0.5, 0.6) is 0 Å². The van der Waals surface area contributed by atoms with Gasteiger partial charge in [-0.2, -0.15) is 0 Å². The second kappa shape index (κ2) is 5.31. The highest BCUT2D eigenvalue weighted by atomic mass is 16.2. The summed E-state index contributed by atoms with van der Waals surface area (Å²) in [5.41, 5.74) is 1.05. The second-order valence-corrected chi connectivity index (χ2v) is 4.73. The van der Waals surface area contributed by atoms with Gasteiger partial charge in [-0.3, -0.25) is 4.79 Å². The number of carbonyl (C=O) groups excluding carboxylic acids is 1. The van der Waals surface area contributed by atoms with E-state index in [0.29, 0.717) is 12.6 Å². The molecule has 3 nitrogen and oxygen atoms in total. The van der Waals surface area contributed by atoms with Gasteiger partial charge in [0.05, 0.1) is 6.04 Å². The Morgan fingerprint density at radius 1 is 1.67 bits per heavy atom. The molecule has 1 atom stereocenters. The van der Waals surface area contributed by atoms with Gasteiger partial charge in [0.2, 0.25) is 5.91 Å². The van der Waals surface area contributed by atoms with E-state index in [1.165, 1.54) is 0 Å². The average Bonchev–Trinajstić information content (AvgIpc) is 2.10. The fraction of sp³-hybridized carbons (Fsp3) is 0.750. The molecule has 1 saturated heterocycles. The molecule has 0 aliphatic carbocycles. The standard InChI is InChI=1S/C12H22N2O/c1-9(2)8-14-7-5-6-11(12(14)15)13-10(3)4/h10-11,13H,1,5-8H2,2-4H3. The Morgan fingerprint density at radius 2 is 2.33 bits per heavy atom. The maximum absolute atomic E-state index is 12.0. The Labute approximate surface area is 92.5 Å². The first-order valence-corrected chi connectivity index (χ1v) is 5.70. The molecule has 86 valence electrons. The molecule has 0 radical (unpaired) electrons. The van der Waals surface area contributed by atoms with Gasteiger partial charge in [-0.1, -0.05) is 26.0 Å². The van der Waals surface area contributed by atoms with E-state index in [1.54, 1.807) is 0 Å². The van der Waals surface area contributed by atoms with Crippen molar-refractivity contribution in [1.82, 2.24) is 10.2 Å². The Bertz CT molecular complexity index is 248. The molecule has 1 aliphatic rings. The highest BCUT2D eigenvalue weighted by Gasteiger charge is 2.28. The van der Waals surface area contributed by atoms with Crippen molar-refractivity contribution in [3.63, 3.8) is 0 Å². The molecule has 0 aromatic rings. The number of nitrogens with one attached hydrogen (secondary N) is 1. The summed E-state index contributed by atoms with van der Waals surface area (Å²) in [5.74, 6) is 0.234. The van der Waals surface area contributed by atoms with Crippen LogP contribution < -0.4 is 5.32 Å². The minimum Gasteiger partial charge on any atom is -0.337 e. The van der Waals surface area contributed by atoms with Crippen molar-refractivity contribution in [3.05, 3.63) is 12.2 Å². The van der Waals surface area contributed by atoms with Crippen molar-refractivity contribution in [2.24, 2.45) is 0 Å². The second-order valence-electron chi connectivity index (χ2n) is 4.73. The summed E-state index contributed by atoms with van der Waals surface area (Å²) in [4.78, 5) is 13.9. The zero-order valence-corrected chi connectivity index (χ0v) is 10.0. The number of hydrogen-bond donors (Lipinski definition) is 1. The lowest BCUT2D eigenvalue weighted by atomic mass is 10.0. The quantitative estimate of drug-likeness (QED) is 0.714. The summed E-state index contributed by atoms with van der Waals surface area (Å²) in [5, 5.41) is 3.31. The summed E-state index contributed by atoms with van der Waals surface area (Å²) >= 11 is 0. The lowest BCUT2D eigenvalue weighted by Gasteiger charge is -2.33. The molecule has 0 aromatic heterocycles. The van der Waals surface area contributed by atoms with E-state index in [-0.39, 0.29) is 11.9 Å². The molecule has 1 unspecified atom stereocenters. The van der Waals surface area contributed by atoms with Gasteiger partial charge in [-0.25, -0.2) is 0 Å². The van der Waals surface area contributed by atoms with Crippen molar-refractivity contribution >= 4 is 5.91 Å². The predicted molar refractivity (Wildman–Crippen MR) is 62.7 cm³/mol. The number of likely N-dealkylation sites (tertiary alicyclic amines) is 1. The topological polar surface area (TPSA) is 32.3 Å². The monoisotopic (exact) mass is 210 g/mol. The Balaban J connectivity index is 2.54. The smallest absolute Gasteiger partial charge is 0.240 e. The summed E-state index contributed by atoms with van der Waals surface area (Å²) in [6, 6.07) is 0.377. The van der Waals surface area contributed by atoms with Crippen LogP contribution in [0.2, 0.25) is 0 Å². The molecule has 0 spiro atoms. The molecule has 1 heterocycles. The van der Waals surface area contributed by atoms with Crippen LogP contribution >= 0.6 is 0 Å². The SMILES string of the molecule is C=C(C)CN1CCCC(NC(C)C)C1=O. The van der Waals surface area contributed by atoms with Crippen LogP contribution in [-0.4, -0.2) is 36.0 Å². The molecule has 1 amide bonds. The number of amides is 1. The predicted octanol–water partition coefficient (Wildman–Crippen LogP) is 1.55. The van der Waals surface area contributed by atoms with E-state index in [2.05, 4.69) is 25.7 Å². The minimum atomic E-state index is 0.0121. The minimum absolute atomic E-state index is 0.0121. The average molecular weight is 210 g/mol. The van der Waals surface area contributed by atoms with Crippen LogP contribution in [0.25, 0.3) is 0 Å². The number of nitrogens with zero attached hydrogens (tertiary/aromatic N) is 1. The third-order valence-electron chi connectivity index (χ3n) is 2.53. The van der Waals surface area contributed by atoms with E-state index in [4.69, 9.17) is 0 Å². The van der Waals surface area contributed by atoms with Crippen molar-refractivity contribution in [2.45, 2.75) is 45.7 Å². The molecule has 15 heavy (non-hydrogen) atoms. The molecule has 0 saturated carbocycles. The number of rotatable bonds is 4. The Kier molecular flexibility index (Phi) is 4.33. The van der Waals surface area contributed by atoms with E-state index in [0.717, 1.165) is 25.0 Å². The van der Waals surface area contributed by atoms with Crippen molar-refractivity contribution in [2.75, 3.05) is 13.1 Å². The van der Waals surface area contributed by atoms with Crippen LogP contribution in [0.4, 0.5) is 0 Å². The first-order valence-electron chi connectivity index (χ1n) is 5.70. The van der Waals surface area contributed by atoms with Gasteiger partial charge < -0.3 is 10.2 Å². The lowest BCUT2D eigenvalue weighted by Crippen LogP contribution is -2.52. The molecular weight excluding hydrogens is 188 g/mol. The first-order chi connectivity index (χ1) is 7.00. The van der Waals surface area contributed by atoms with E-state index >= 15 is 0 Å². The molecule has 1 rings (SSSR count). The van der Waals surface area contributed by atoms with Crippen LogP contribution in [0, 0.1) is 0 Å². The molecule has 1 fully saturated rings. The van der Waals surface area contributed by atoms with Gasteiger partial charge in [0.1, 0.15) is 0 Å².